The van der Waals surface area contributed by atoms with Crippen molar-refractivity contribution in [2.45, 2.75) is 19.9 Å². The van der Waals surface area contributed by atoms with Gasteiger partial charge >= 0.3 is 5.97 Å². The van der Waals surface area contributed by atoms with Crippen LogP contribution in [-0.2, 0) is 16.1 Å². The monoisotopic (exact) mass is 477 g/mol. The summed E-state index contributed by atoms with van der Waals surface area (Å²) in [5, 5.41) is 5.07. The minimum Gasteiger partial charge on any atom is -0.497 e. The van der Waals surface area contributed by atoms with Gasteiger partial charge in [0.2, 0.25) is 5.91 Å². The lowest BCUT2D eigenvalue weighted by atomic mass is 10.1. The van der Waals surface area contributed by atoms with E-state index in [1.165, 1.54) is 22.2 Å². The molecule has 2 aromatic heterocycles. The Bertz CT molecular complexity index is 1390. The van der Waals surface area contributed by atoms with Crippen molar-refractivity contribution < 1.29 is 19.1 Å². The van der Waals surface area contributed by atoms with Crippen LogP contribution in [0.15, 0.2) is 65.0 Å². The zero-order valence-corrected chi connectivity index (χ0v) is 19.6. The van der Waals surface area contributed by atoms with Crippen LogP contribution in [0.2, 0.25) is 0 Å². The van der Waals surface area contributed by atoms with E-state index in [9.17, 15) is 14.4 Å². The number of hydrogen-bond acceptors (Lipinski definition) is 7. The topological polar surface area (TPSA) is 99.5 Å². The van der Waals surface area contributed by atoms with Crippen molar-refractivity contribution in [3.05, 3.63) is 76.2 Å². The molecule has 0 radical (unpaired) electrons. The molecule has 4 aromatic rings. The first-order valence-electron chi connectivity index (χ1n) is 10.7. The number of carbonyl (C=O) groups is 2. The number of aromatic nitrogens is 2. The Hall–Kier alpha value is -3.98. The number of nitrogens with one attached hydrogen (secondary N) is 1. The Morgan fingerprint density at radius 3 is 2.68 bits per heavy atom. The second-order valence-electron chi connectivity index (χ2n) is 7.50. The molecule has 0 aliphatic rings. The highest BCUT2D eigenvalue weighted by molar-refractivity contribution is 7.17. The third-order valence-electron chi connectivity index (χ3n) is 5.09. The van der Waals surface area contributed by atoms with Crippen LogP contribution in [0.25, 0.3) is 21.3 Å². The van der Waals surface area contributed by atoms with Gasteiger partial charge in [0, 0.05) is 16.6 Å². The summed E-state index contributed by atoms with van der Waals surface area (Å²) in [6, 6.07) is 13.9. The summed E-state index contributed by atoms with van der Waals surface area (Å²) < 4.78 is 11.6. The van der Waals surface area contributed by atoms with Gasteiger partial charge < -0.3 is 14.8 Å². The van der Waals surface area contributed by atoms with Crippen LogP contribution in [0, 0.1) is 0 Å². The molecule has 174 valence electrons. The Balaban J connectivity index is 1.54. The number of methoxy groups -OCH3 is 1. The Labute approximate surface area is 199 Å². The third kappa shape index (κ3) is 4.99. The summed E-state index contributed by atoms with van der Waals surface area (Å²) in [6.45, 7) is 2.02. The third-order valence-corrected chi connectivity index (χ3v) is 5.98. The molecule has 4 rings (SSSR count). The van der Waals surface area contributed by atoms with Crippen molar-refractivity contribution in [1.82, 2.24) is 9.55 Å². The maximum atomic E-state index is 13.2. The van der Waals surface area contributed by atoms with Crippen LogP contribution < -0.4 is 15.6 Å². The van der Waals surface area contributed by atoms with Gasteiger partial charge in [-0.25, -0.2) is 9.78 Å². The van der Waals surface area contributed by atoms with Gasteiger partial charge in [0.1, 0.15) is 17.1 Å². The summed E-state index contributed by atoms with van der Waals surface area (Å²) in [5.41, 5.74) is 2.10. The number of fused-ring (bicyclic) bond motifs is 1. The number of esters is 1. The zero-order chi connectivity index (χ0) is 24.1. The highest BCUT2D eigenvalue weighted by Crippen LogP contribution is 2.31. The molecule has 0 unspecified atom stereocenters. The van der Waals surface area contributed by atoms with Gasteiger partial charge in [-0.1, -0.05) is 25.1 Å². The first kappa shape index (κ1) is 23.2. The Kier molecular flexibility index (Phi) is 7.03. The maximum absolute atomic E-state index is 13.2. The average molecular weight is 478 g/mol. The van der Waals surface area contributed by atoms with E-state index in [1.54, 1.807) is 31.4 Å². The second-order valence-corrected chi connectivity index (χ2v) is 8.36. The van der Waals surface area contributed by atoms with Crippen molar-refractivity contribution in [3.63, 3.8) is 0 Å². The molecule has 0 saturated heterocycles. The average Bonchev–Trinajstić information content (AvgIpc) is 3.29. The molecule has 9 heteroatoms. The summed E-state index contributed by atoms with van der Waals surface area (Å²) in [6.07, 6.45) is 2.09. The molecular weight excluding hydrogens is 454 g/mol. The lowest BCUT2D eigenvalue weighted by Crippen LogP contribution is -2.27. The van der Waals surface area contributed by atoms with Crippen LogP contribution in [0.5, 0.6) is 5.75 Å². The molecular formula is C25H23N3O5S. The molecule has 0 aliphatic heterocycles. The highest BCUT2D eigenvalue weighted by Gasteiger charge is 2.15. The van der Waals surface area contributed by atoms with Crippen LogP contribution in [0.1, 0.15) is 23.7 Å². The SMILES string of the molecule is CCCOC(=O)c1cccc(NC(=O)Cn2cnc3scc(-c4ccc(OC)cc4)c3c2=O)c1. The molecule has 8 nitrogen and oxygen atoms in total. The minimum absolute atomic E-state index is 0.218. The normalized spacial score (nSPS) is 10.8. The molecule has 34 heavy (non-hydrogen) atoms. The van der Waals surface area contributed by atoms with Crippen LogP contribution in [0.4, 0.5) is 5.69 Å². The maximum Gasteiger partial charge on any atom is 0.338 e. The van der Waals surface area contributed by atoms with Crippen molar-refractivity contribution in [3.8, 4) is 16.9 Å². The van der Waals surface area contributed by atoms with Crippen molar-refractivity contribution in [2.75, 3.05) is 19.0 Å². The highest BCUT2D eigenvalue weighted by atomic mass is 32.1. The molecule has 2 heterocycles. The van der Waals surface area contributed by atoms with Gasteiger partial charge in [-0.05, 0) is 42.3 Å². The largest absolute Gasteiger partial charge is 0.497 e. The van der Waals surface area contributed by atoms with Crippen molar-refractivity contribution >= 4 is 39.1 Å². The first-order chi connectivity index (χ1) is 16.5. The van der Waals surface area contributed by atoms with Gasteiger partial charge in [-0.15, -0.1) is 11.3 Å². The van der Waals surface area contributed by atoms with Gasteiger partial charge in [-0.2, -0.15) is 0 Å². The predicted molar refractivity (Wildman–Crippen MR) is 132 cm³/mol. The van der Waals surface area contributed by atoms with E-state index in [0.717, 1.165) is 23.3 Å². The van der Waals surface area contributed by atoms with Crippen LogP contribution >= 0.6 is 11.3 Å². The molecule has 1 N–H and O–H groups in total. The van der Waals surface area contributed by atoms with Gasteiger partial charge in [0.05, 0.1) is 31.0 Å². The summed E-state index contributed by atoms with van der Waals surface area (Å²) in [7, 11) is 1.59. The standard InChI is InChI=1S/C25H23N3O5S/c1-3-11-33-25(31)17-5-4-6-18(12-17)27-21(29)13-28-15-26-23-22(24(28)30)20(14-34-23)16-7-9-19(32-2)10-8-16/h4-10,12,14-15H,3,11,13H2,1-2H3,(H,27,29). The molecule has 2 aromatic carbocycles. The molecule has 0 atom stereocenters. The fraction of sp³-hybridized carbons (Fsp3) is 0.200. The van der Waals surface area contributed by atoms with E-state index in [0.29, 0.717) is 28.1 Å². The number of thiophene rings is 1. The number of rotatable bonds is 8. The number of hydrogen-bond donors (Lipinski definition) is 1. The summed E-state index contributed by atoms with van der Waals surface area (Å²) in [4.78, 5) is 42.9. The molecule has 0 spiro atoms. The molecule has 0 bridgehead atoms. The van der Waals surface area contributed by atoms with E-state index in [1.807, 2.05) is 36.6 Å². The van der Waals surface area contributed by atoms with E-state index < -0.39 is 11.9 Å². The van der Waals surface area contributed by atoms with E-state index in [4.69, 9.17) is 9.47 Å². The lowest BCUT2D eigenvalue weighted by molar-refractivity contribution is -0.116. The Morgan fingerprint density at radius 1 is 1.15 bits per heavy atom. The smallest absolute Gasteiger partial charge is 0.338 e. The van der Waals surface area contributed by atoms with E-state index >= 15 is 0 Å². The molecule has 1 amide bonds. The number of anilines is 1. The number of benzene rings is 2. The fourth-order valence-electron chi connectivity index (χ4n) is 3.42. The first-order valence-corrected chi connectivity index (χ1v) is 11.6. The minimum atomic E-state index is -0.452. The van der Waals surface area contributed by atoms with Gasteiger partial charge in [0.15, 0.2) is 0 Å². The fourth-order valence-corrected chi connectivity index (χ4v) is 4.33. The number of carbonyl (C=O) groups excluding carboxylic acids is 2. The summed E-state index contributed by atoms with van der Waals surface area (Å²) in [5.74, 6) is -0.144. The number of amides is 1. The number of ether oxygens (including phenoxy) is 2. The number of nitrogens with zero attached hydrogens (tertiary/aromatic N) is 2. The quantitative estimate of drug-likeness (QED) is 0.379. The van der Waals surface area contributed by atoms with Gasteiger partial charge in [0.25, 0.3) is 5.56 Å². The lowest BCUT2D eigenvalue weighted by Gasteiger charge is -2.09. The molecule has 0 saturated carbocycles. The predicted octanol–water partition coefficient (Wildman–Crippen LogP) is 4.34. The molecule has 0 aliphatic carbocycles. The zero-order valence-electron chi connectivity index (χ0n) is 18.7. The van der Waals surface area contributed by atoms with Crippen LogP contribution in [0.3, 0.4) is 0 Å². The van der Waals surface area contributed by atoms with E-state index in [2.05, 4.69) is 10.3 Å². The summed E-state index contributed by atoms with van der Waals surface area (Å²) >= 11 is 1.37. The Morgan fingerprint density at radius 2 is 1.94 bits per heavy atom. The van der Waals surface area contributed by atoms with Crippen molar-refractivity contribution in [1.29, 1.82) is 0 Å². The second kappa shape index (κ2) is 10.3. The van der Waals surface area contributed by atoms with Gasteiger partial charge in [-0.3, -0.25) is 14.2 Å². The van der Waals surface area contributed by atoms with E-state index in [-0.39, 0.29) is 12.1 Å². The van der Waals surface area contributed by atoms with Crippen molar-refractivity contribution in [2.24, 2.45) is 0 Å². The van der Waals surface area contributed by atoms with Crippen LogP contribution in [-0.4, -0.2) is 35.1 Å². The molecule has 0 fully saturated rings.